The summed E-state index contributed by atoms with van der Waals surface area (Å²) in [5, 5.41) is 3.31. The van der Waals surface area contributed by atoms with Crippen LogP contribution in [0.15, 0.2) is 12.1 Å². The van der Waals surface area contributed by atoms with Crippen molar-refractivity contribution < 1.29 is 9.53 Å². The van der Waals surface area contributed by atoms with Gasteiger partial charge >= 0.3 is 0 Å². The van der Waals surface area contributed by atoms with E-state index in [4.69, 9.17) is 27.9 Å². The smallest absolute Gasteiger partial charge is 0.254 e. The molecule has 0 aromatic carbocycles. The summed E-state index contributed by atoms with van der Waals surface area (Å²) in [6.07, 6.45) is 3.01. The van der Waals surface area contributed by atoms with Gasteiger partial charge in [0.15, 0.2) is 0 Å². The maximum Gasteiger partial charge on any atom is 0.254 e. The zero-order chi connectivity index (χ0) is 13.1. The van der Waals surface area contributed by atoms with Gasteiger partial charge in [-0.2, -0.15) is 0 Å². The first kappa shape index (κ1) is 13.6. The van der Waals surface area contributed by atoms with Gasteiger partial charge in [-0.25, -0.2) is 4.98 Å². The van der Waals surface area contributed by atoms with Crippen molar-refractivity contribution in [2.24, 2.45) is 0 Å². The van der Waals surface area contributed by atoms with E-state index in [0.29, 0.717) is 5.56 Å². The first-order chi connectivity index (χ1) is 8.61. The molecule has 1 heterocycles. The number of carbonyl (C=O) groups is 1. The Bertz CT molecular complexity index is 454. The van der Waals surface area contributed by atoms with Crippen molar-refractivity contribution in [2.75, 3.05) is 7.11 Å². The lowest BCUT2D eigenvalue weighted by Crippen LogP contribution is -2.40. The molecule has 1 aromatic heterocycles. The van der Waals surface area contributed by atoms with Gasteiger partial charge in [0.2, 0.25) is 0 Å². The van der Waals surface area contributed by atoms with Gasteiger partial charge in [-0.3, -0.25) is 4.79 Å². The molecule has 2 unspecified atom stereocenters. The summed E-state index contributed by atoms with van der Waals surface area (Å²) in [5.41, 5.74) is 0.336. The van der Waals surface area contributed by atoms with Crippen molar-refractivity contribution in [3.05, 3.63) is 28.0 Å². The average Bonchev–Trinajstić information content (AvgIpc) is 2.76. The number of halogens is 2. The molecule has 0 saturated heterocycles. The van der Waals surface area contributed by atoms with Crippen molar-refractivity contribution >= 4 is 29.1 Å². The Morgan fingerprint density at radius 3 is 2.89 bits per heavy atom. The third-order valence-corrected chi connectivity index (χ3v) is 3.63. The van der Waals surface area contributed by atoms with Crippen LogP contribution in [0.3, 0.4) is 0 Å². The van der Waals surface area contributed by atoms with E-state index in [1.165, 1.54) is 0 Å². The van der Waals surface area contributed by atoms with Gasteiger partial charge in [0.1, 0.15) is 10.3 Å². The van der Waals surface area contributed by atoms with E-state index < -0.39 is 0 Å². The molecule has 1 aliphatic carbocycles. The average molecular weight is 289 g/mol. The number of carbonyl (C=O) groups excluding carboxylic acids is 1. The van der Waals surface area contributed by atoms with E-state index in [-0.39, 0.29) is 28.4 Å². The topological polar surface area (TPSA) is 51.2 Å². The third kappa shape index (κ3) is 2.94. The Balaban J connectivity index is 2.07. The van der Waals surface area contributed by atoms with E-state index in [1.807, 2.05) is 0 Å². The predicted molar refractivity (Wildman–Crippen MR) is 70.2 cm³/mol. The van der Waals surface area contributed by atoms with E-state index in [0.717, 1.165) is 19.3 Å². The highest BCUT2D eigenvalue weighted by atomic mass is 35.5. The molecular formula is C12H14Cl2N2O2. The molecule has 2 rings (SSSR count). The molecule has 0 aliphatic heterocycles. The van der Waals surface area contributed by atoms with Crippen LogP contribution >= 0.6 is 23.2 Å². The Labute approximate surface area is 116 Å². The Kier molecular flexibility index (Phi) is 4.43. The first-order valence-electron chi connectivity index (χ1n) is 5.77. The van der Waals surface area contributed by atoms with Gasteiger partial charge < -0.3 is 10.1 Å². The lowest BCUT2D eigenvalue weighted by atomic mass is 10.2. The monoisotopic (exact) mass is 288 g/mol. The molecule has 1 amide bonds. The number of methoxy groups -OCH3 is 1. The molecule has 0 bridgehead atoms. The van der Waals surface area contributed by atoms with Crippen molar-refractivity contribution in [3.8, 4) is 0 Å². The maximum absolute atomic E-state index is 12.1. The largest absolute Gasteiger partial charge is 0.379 e. The summed E-state index contributed by atoms with van der Waals surface area (Å²) < 4.78 is 5.33. The number of aromatic nitrogens is 1. The molecule has 1 aromatic rings. The second-order valence-corrected chi connectivity index (χ2v) is 5.00. The molecule has 1 saturated carbocycles. The number of pyridine rings is 1. The summed E-state index contributed by atoms with van der Waals surface area (Å²) in [6.45, 7) is 0. The molecule has 6 heteroatoms. The Morgan fingerprint density at radius 1 is 1.44 bits per heavy atom. The van der Waals surface area contributed by atoms with Crippen molar-refractivity contribution in [2.45, 2.75) is 31.4 Å². The highest BCUT2D eigenvalue weighted by Crippen LogP contribution is 2.23. The first-order valence-corrected chi connectivity index (χ1v) is 6.53. The summed E-state index contributed by atoms with van der Waals surface area (Å²) in [4.78, 5) is 15.9. The molecule has 98 valence electrons. The van der Waals surface area contributed by atoms with E-state index in [9.17, 15) is 4.79 Å². The lowest BCUT2D eigenvalue weighted by molar-refractivity contribution is 0.0722. The zero-order valence-corrected chi connectivity index (χ0v) is 11.5. The van der Waals surface area contributed by atoms with Crippen LogP contribution in [-0.2, 0) is 4.74 Å². The standard InChI is InChI=1S/C12H14Cl2N2O2/c1-18-9-4-2-3-8(9)15-12(17)7-5-6-10(13)16-11(7)14/h5-6,8-9H,2-4H2,1H3,(H,15,17). The number of rotatable bonds is 3. The molecule has 18 heavy (non-hydrogen) atoms. The summed E-state index contributed by atoms with van der Waals surface area (Å²) in [7, 11) is 1.66. The molecule has 2 atom stereocenters. The summed E-state index contributed by atoms with van der Waals surface area (Å²) in [6, 6.07) is 3.16. The quantitative estimate of drug-likeness (QED) is 0.870. The molecule has 1 fully saturated rings. The van der Waals surface area contributed by atoms with E-state index >= 15 is 0 Å². The van der Waals surface area contributed by atoms with Crippen LogP contribution in [0, 0.1) is 0 Å². The summed E-state index contributed by atoms with van der Waals surface area (Å²) in [5.74, 6) is -0.238. The molecule has 0 radical (unpaired) electrons. The molecule has 4 nitrogen and oxygen atoms in total. The molecule has 1 aliphatic rings. The zero-order valence-electron chi connectivity index (χ0n) is 9.95. The number of nitrogens with one attached hydrogen (secondary N) is 1. The minimum atomic E-state index is -0.238. The fourth-order valence-corrected chi connectivity index (χ4v) is 2.63. The van der Waals surface area contributed by atoms with Gasteiger partial charge in [0.25, 0.3) is 5.91 Å². The van der Waals surface area contributed by atoms with Crippen LogP contribution in [0.25, 0.3) is 0 Å². The van der Waals surface area contributed by atoms with Crippen LogP contribution in [0.4, 0.5) is 0 Å². The number of hydrogen-bond acceptors (Lipinski definition) is 3. The second-order valence-electron chi connectivity index (χ2n) is 4.26. The van der Waals surface area contributed by atoms with Gasteiger partial charge in [-0.1, -0.05) is 23.2 Å². The van der Waals surface area contributed by atoms with E-state index in [2.05, 4.69) is 10.3 Å². The number of hydrogen-bond donors (Lipinski definition) is 1. The van der Waals surface area contributed by atoms with Crippen LogP contribution in [-0.4, -0.2) is 30.1 Å². The SMILES string of the molecule is COC1CCCC1NC(=O)c1ccc(Cl)nc1Cl. The second kappa shape index (κ2) is 5.87. The van der Waals surface area contributed by atoms with Crippen LogP contribution in [0.5, 0.6) is 0 Å². The minimum absolute atomic E-state index is 0.0363. The lowest BCUT2D eigenvalue weighted by Gasteiger charge is -2.19. The minimum Gasteiger partial charge on any atom is -0.379 e. The third-order valence-electron chi connectivity index (χ3n) is 3.13. The van der Waals surface area contributed by atoms with E-state index in [1.54, 1.807) is 19.2 Å². The molecular weight excluding hydrogens is 275 g/mol. The predicted octanol–water partition coefficient (Wildman–Crippen LogP) is 2.69. The number of amides is 1. The Morgan fingerprint density at radius 2 is 2.22 bits per heavy atom. The summed E-state index contributed by atoms with van der Waals surface area (Å²) >= 11 is 11.6. The van der Waals surface area contributed by atoms with Gasteiger partial charge in [0.05, 0.1) is 17.7 Å². The fraction of sp³-hybridized carbons (Fsp3) is 0.500. The molecule has 1 N–H and O–H groups in total. The highest BCUT2D eigenvalue weighted by Gasteiger charge is 2.29. The highest BCUT2D eigenvalue weighted by molar-refractivity contribution is 6.34. The van der Waals surface area contributed by atoms with Gasteiger partial charge in [0, 0.05) is 7.11 Å². The fourth-order valence-electron chi connectivity index (χ4n) is 2.20. The van der Waals surface area contributed by atoms with Crippen LogP contribution in [0.2, 0.25) is 10.3 Å². The normalized spacial score (nSPS) is 23.1. The van der Waals surface area contributed by atoms with Crippen LogP contribution in [0.1, 0.15) is 29.6 Å². The van der Waals surface area contributed by atoms with Crippen molar-refractivity contribution in [1.82, 2.24) is 10.3 Å². The number of nitrogens with zero attached hydrogens (tertiary/aromatic N) is 1. The van der Waals surface area contributed by atoms with Crippen molar-refractivity contribution in [3.63, 3.8) is 0 Å². The van der Waals surface area contributed by atoms with Crippen molar-refractivity contribution in [1.29, 1.82) is 0 Å². The number of ether oxygens (including phenoxy) is 1. The maximum atomic E-state index is 12.1. The van der Waals surface area contributed by atoms with Gasteiger partial charge in [-0.05, 0) is 31.4 Å². The van der Waals surface area contributed by atoms with Crippen LogP contribution < -0.4 is 5.32 Å². The molecule has 0 spiro atoms. The van der Waals surface area contributed by atoms with Gasteiger partial charge in [-0.15, -0.1) is 0 Å². The Hall–Kier alpha value is -0.840.